The van der Waals surface area contributed by atoms with Crippen molar-refractivity contribution < 1.29 is 17.2 Å². The first-order valence-electron chi connectivity index (χ1n) is 10.6. The van der Waals surface area contributed by atoms with Gasteiger partial charge >= 0.3 is 0 Å². The Bertz CT molecular complexity index is 1190. The molecule has 1 aliphatic rings. The molecule has 182 valence electrons. The Balaban J connectivity index is 0.00000324. The fourth-order valence-corrected chi connectivity index (χ4v) is 4.91. The van der Waals surface area contributed by atoms with Gasteiger partial charge < -0.3 is 4.90 Å². The lowest BCUT2D eigenvalue weighted by molar-refractivity contribution is 0.243. The molecule has 0 spiro atoms. The van der Waals surface area contributed by atoms with E-state index in [1.165, 1.54) is 35.6 Å². The highest BCUT2D eigenvalue weighted by molar-refractivity contribution is 7.89. The number of anilines is 1. The summed E-state index contributed by atoms with van der Waals surface area (Å²) in [5, 5.41) is 0. The summed E-state index contributed by atoms with van der Waals surface area (Å²) in [5.41, 5.74) is 1.51. The number of benzene rings is 2. The summed E-state index contributed by atoms with van der Waals surface area (Å²) in [4.78, 5) is 13.4. The second kappa shape index (κ2) is 11.2. The van der Waals surface area contributed by atoms with Gasteiger partial charge in [0.25, 0.3) is 0 Å². The topological polar surface area (TPSA) is 69.6 Å². The Labute approximate surface area is 204 Å². The third-order valence-electron chi connectivity index (χ3n) is 5.72. The summed E-state index contributed by atoms with van der Waals surface area (Å²) in [7, 11) is -2.13. The summed E-state index contributed by atoms with van der Waals surface area (Å²) in [6.45, 7) is 3.80. The fourth-order valence-electron chi connectivity index (χ4n) is 3.75. The SMILES string of the molecule is CN(CCN1CCN(c2nccnc2-c2ccc(F)cc2)CC1)S(=O)(=O)c1ccc(F)cc1.Cl. The first-order valence-corrected chi connectivity index (χ1v) is 12.0. The van der Waals surface area contributed by atoms with Gasteiger partial charge in [-0.1, -0.05) is 0 Å². The van der Waals surface area contributed by atoms with Gasteiger partial charge in [-0.2, -0.15) is 4.31 Å². The zero-order chi connectivity index (χ0) is 23.4. The van der Waals surface area contributed by atoms with Gasteiger partial charge in [0, 0.05) is 64.3 Å². The summed E-state index contributed by atoms with van der Waals surface area (Å²) in [6, 6.07) is 11.0. The van der Waals surface area contributed by atoms with Crippen molar-refractivity contribution in [2.45, 2.75) is 4.90 Å². The second-order valence-corrected chi connectivity index (χ2v) is 9.89. The summed E-state index contributed by atoms with van der Waals surface area (Å²) < 4.78 is 53.1. The van der Waals surface area contributed by atoms with Crippen molar-refractivity contribution in [2.24, 2.45) is 0 Å². The van der Waals surface area contributed by atoms with E-state index >= 15 is 0 Å². The molecule has 1 aliphatic heterocycles. The Morgan fingerprint density at radius 1 is 0.882 bits per heavy atom. The highest BCUT2D eigenvalue weighted by Gasteiger charge is 2.24. The Kier molecular flexibility index (Phi) is 8.53. The number of halogens is 3. The molecule has 0 aliphatic carbocycles. The molecule has 1 aromatic heterocycles. The first kappa shape index (κ1) is 26.0. The summed E-state index contributed by atoms with van der Waals surface area (Å²) in [6.07, 6.45) is 3.26. The van der Waals surface area contributed by atoms with Crippen molar-refractivity contribution in [2.75, 3.05) is 51.2 Å². The molecule has 0 N–H and O–H groups in total. The molecule has 0 unspecified atom stereocenters. The van der Waals surface area contributed by atoms with Crippen LogP contribution >= 0.6 is 12.4 Å². The molecule has 4 rings (SSSR count). The third-order valence-corrected chi connectivity index (χ3v) is 7.59. The van der Waals surface area contributed by atoms with E-state index < -0.39 is 15.8 Å². The van der Waals surface area contributed by atoms with Gasteiger partial charge in [-0.25, -0.2) is 22.2 Å². The van der Waals surface area contributed by atoms with Crippen LogP contribution in [0.25, 0.3) is 11.3 Å². The van der Waals surface area contributed by atoms with E-state index in [-0.39, 0.29) is 23.1 Å². The molecular weight excluding hydrogens is 484 g/mol. The number of aromatic nitrogens is 2. The van der Waals surface area contributed by atoms with Crippen molar-refractivity contribution in [1.82, 2.24) is 19.2 Å². The number of likely N-dealkylation sites (N-methyl/N-ethyl adjacent to an activating group) is 1. The lowest BCUT2D eigenvalue weighted by Crippen LogP contribution is -2.49. The number of rotatable bonds is 7. The average Bonchev–Trinajstić information content (AvgIpc) is 2.83. The monoisotopic (exact) mass is 509 g/mol. The van der Waals surface area contributed by atoms with Crippen molar-refractivity contribution in [3.8, 4) is 11.3 Å². The predicted molar refractivity (Wildman–Crippen MR) is 130 cm³/mol. The lowest BCUT2D eigenvalue weighted by atomic mass is 10.1. The molecule has 1 saturated heterocycles. The van der Waals surface area contributed by atoms with Crippen LogP contribution in [0.3, 0.4) is 0 Å². The van der Waals surface area contributed by atoms with E-state index in [0.717, 1.165) is 36.6 Å². The molecule has 0 atom stereocenters. The smallest absolute Gasteiger partial charge is 0.242 e. The van der Waals surface area contributed by atoms with E-state index in [4.69, 9.17) is 0 Å². The number of piperazine rings is 1. The van der Waals surface area contributed by atoms with Gasteiger partial charge in [-0.15, -0.1) is 12.4 Å². The van der Waals surface area contributed by atoms with Crippen molar-refractivity contribution >= 4 is 28.2 Å². The zero-order valence-corrected chi connectivity index (χ0v) is 20.3. The van der Waals surface area contributed by atoms with Crippen LogP contribution in [0.15, 0.2) is 65.8 Å². The van der Waals surface area contributed by atoms with Crippen LogP contribution in [0.2, 0.25) is 0 Å². The van der Waals surface area contributed by atoms with Gasteiger partial charge in [-0.05, 0) is 48.5 Å². The summed E-state index contributed by atoms with van der Waals surface area (Å²) >= 11 is 0. The fraction of sp³-hybridized carbons (Fsp3) is 0.304. The Morgan fingerprint density at radius 2 is 1.44 bits per heavy atom. The first-order chi connectivity index (χ1) is 15.8. The molecule has 0 radical (unpaired) electrons. The van der Waals surface area contributed by atoms with E-state index in [0.29, 0.717) is 31.9 Å². The van der Waals surface area contributed by atoms with Crippen LogP contribution < -0.4 is 4.90 Å². The molecule has 3 aromatic rings. The molecule has 2 aromatic carbocycles. The molecule has 2 heterocycles. The predicted octanol–water partition coefficient (Wildman–Crippen LogP) is 3.29. The minimum atomic E-state index is -3.67. The van der Waals surface area contributed by atoms with Crippen molar-refractivity contribution in [1.29, 1.82) is 0 Å². The molecule has 11 heteroatoms. The van der Waals surface area contributed by atoms with Crippen LogP contribution in [0.5, 0.6) is 0 Å². The summed E-state index contributed by atoms with van der Waals surface area (Å²) in [5.74, 6) is -0.0239. The number of nitrogens with zero attached hydrogens (tertiary/aromatic N) is 5. The minimum Gasteiger partial charge on any atom is -0.352 e. The molecule has 0 bridgehead atoms. The molecule has 1 fully saturated rings. The normalized spacial score (nSPS) is 14.8. The van der Waals surface area contributed by atoms with Crippen molar-refractivity contribution in [3.05, 3.63) is 72.6 Å². The number of sulfonamides is 1. The highest BCUT2D eigenvalue weighted by Crippen LogP contribution is 2.27. The van der Waals surface area contributed by atoms with Gasteiger partial charge in [-0.3, -0.25) is 9.88 Å². The second-order valence-electron chi connectivity index (χ2n) is 7.84. The van der Waals surface area contributed by atoms with Crippen LogP contribution in [0.4, 0.5) is 14.6 Å². The molecule has 7 nitrogen and oxygen atoms in total. The lowest BCUT2D eigenvalue weighted by Gasteiger charge is -2.36. The molecule has 0 amide bonds. The third kappa shape index (κ3) is 5.87. The number of hydrogen-bond acceptors (Lipinski definition) is 6. The van der Waals surface area contributed by atoms with Gasteiger partial charge in [0.15, 0.2) is 5.82 Å². The van der Waals surface area contributed by atoms with Gasteiger partial charge in [0.2, 0.25) is 10.0 Å². The van der Waals surface area contributed by atoms with E-state index in [1.54, 1.807) is 24.5 Å². The van der Waals surface area contributed by atoms with Gasteiger partial charge in [0.05, 0.1) is 4.90 Å². The number of hydrogen-bond donors (Lipinski definition) is 0. The van der Waals surface area contributed by atoms with Crippen molar-refractivity contribution in [3.63, 3.8) is 0 Å². The maximum absolute atomic E-state index is 13.3. The molecule has 0 saturated carbocycles. The van der Waals surface area contributed by atoms with E-state index in [2.05, 4.69) is 19.8 Å². The quantitative estimate of drug-likeness (QED) is 0.487. The standard InChI is InChI=1S/C23H25F2N5O2S.ClH/c1-28(33(31,32)21-8-6-20(25)7-9-21)12-13-29-14-16-30(17-15-29)23-22(26-10-11-27-23)18-2-4-19(24)5-3-18;/h2-11H,12-17H2,1H3;1H. The zero-order valence-electron chi connectivity index (χ0n) is 18.6. The largest absolute Gasteiger partial charge is 0.352 e. The van der Waals surface area contributed by atoms with Crippen LogP contribution in [-0.2, 0) is 10.0 Å². The van der Waals surface area contributed by atoms with Crippen LogP contribution in [0, 0.1) is 11.6 Å². The van der Waals surface area contributed by atoms with Crippen LogP contribution in [-0.4, -0.2) is 73.9 Å². The minimum absolute atomic E-state index is 0. The Hall–Kier alpha value is -2.66. The maximum atomic E-state index is 13.3. The maximum Gasteiger partial charge on any atom is 0.242 e. The molecule has 34 heavy (non-hydrogen) atoms. The Morgan fingerprint density at radius 3 is 2.06 bits per heavy atom. The van der Waals surface area contributed by atoms with E-state index in [9.17, 15) is 17.2 Å². The van der Waals surface area contributed by atoms with Gasteiger partial charge in [0.1, 0.15) is 17.3 Å². The highest BCUT2D eigenvalue weighted by atomic mass is 35.5. The van der Waals surface area contributed by atoms with Crippen LogP contribution in [0.1, 0.15) is 0 Å². The van der Waals surface area contributed by atoms with E-state index in [1.807, 2.05) is 0 Å². The molecular formula is C23H26ClF2N5O2S. The average molecular weight is 510 g/mol.